The van der Waals surface area contributed by atoms with Gasteiger partial charge in [-0.25, -0.2) is 4.98 Å². The number of para-hydroxylation sites is 2. The van der Waals surface area contributed by atoms with E-state index in [-0.39, 0.29) is 5.97 Å². The minimum atomic E-state index is -0.250. The molecule has 4 nitrogen and oxygen atoms in total. The molecular formula is C10H10N2O2S. The van der Waals surface area contributed by atoms with Crippen molar-refractivity contribution in [1.82, 2.24) is 9.97 Å². The maximum Gasteiger partial charge on any atom is 0.317 e. The number of rotatable bonds is 3. The number of benzene rings is 1. The molecule has 0 saturated carbocycles. The van der Waals surface area contributed by atoms with Crippen molar-refractivity contribution in [3.63, 3.8) is 0 Å². The Balaban J connectivity index is 2.12. The number of hydrogen-bond donors (Lipinski definition) is 1. The normalized spacial score (nSPS) is 10.5. The molecule has 2 aromatic rings. The highest BCUT2D eigenvalue weighted by atomic mass is 32.2. The van der Waals surface area contributed by atoms with Gasteiger partial charge in [0.1, 0.15) is 12.0 Å². The Labute approximate surface area is 91.2 Å². The average Bonchev–Trinajstić information content (AvgIpc) is 2.68. The Morgan fingerprint density at radius 1 is 1.53 bits per heavy atom. The zero-order chi connectivity index (χ0) is 10.7. The third-order valence-electron chi connectivity index (χ3n) is 1.87. The van der Waals surface area contributed by atoms with E-state index < -0.39 is 0 Å². The van der Waals surface area contributed by atoms with E-state index in [1.807, 2.05) is 24.3 Å². The number of nitrogens with one attached hydrogen (secondary N) is 1. The van der Waals surface area contributed by atoms with Gasteiger partial charge in [0.2, 0.25) is 5.16 Å². The Morgan fingerprint density at radius 3 is 3.07 bits per heavy atom. The van der Waals surface area contributed by atoms with Crippen LogP contribution in [0.25, 0.3) is 11.0 Å². The molecule has 0 aliphatic rings. The van der Waals surface area contributed by atoms with Crippen LogP contribution in [0.15, 0.2) is 29.4 Å². The van der Waals surface area contributed by atoms with E-state index in [0.29, 0.717) is 11.6 Å². The van der Waals surface area contributed by atoms with E-state index in [4.69, 9.17) is 4.18 Å². The van der Waals surface area contributed by atoms with E-state index >= 15 is 0 Å². The van der Waals surface area contributed by atoms with Gasteiger partial charge in [-0.15, -0.1) is 0 Å². The Bertz CT molecular complexity index is 448. The highest BCUT2D eigenvalue weighted by Gasteiger charge is 2.06. The first-order valence-corrected chi connectivity index (χ1v) is 5.36. The van der Waals surface area contributed by atoms with Gasteiger partial charge >= 0.3 is 5.97 Å². The van der Waals surface area contributed by atoms with Crippen molar-refractivity contribution < 1.29 is 8.98 Å². The van der Waals surface area contributed by atoms with Gasteiger partial charge in [-0.05, 0) is 12.1 Å². The summed E-state index contributed by atoms with van der Waals surface area (Å²) in [6.45, 7) is 1.75. The number of carbonyl (C=O) groups excluding carboxylic acids is 1. The molecule has 1 aromatic heterocycles. The van der Waals surface area contributed by atoms with Crippen LogP contribution in [-0.4, -0.2) is 15.9 Å². The van der Waals surface area contributed by atoms with E-state index in [9.17, 15) is 4.79 Å². The highest BCUT2D eigenvalue weighted by Crippen LogP contribution is 2.20. The summed E-state index contributed by atoms with van der Waals surface area (Å²) in [5.41, 5.74) is 1.81. The lowest BCUT2D eigenvalue weighted by Crippen LogP contribution is -1.94. The molecule has 1 N–H and O–H groups in total. The van der Waals surface area contributed by atoms with Gasteiger partial charge in [0.05, 0.1) is 11.0 Å². The number of imidazole rings is 1. The van der Waals surface area contributed by atoms with E-state index in [1.54, 1.807) is 6.92 Å². The predicted octanol–water partition coefficient (Wildman–Crippen LogP) is 2.52. The van der Waals surface area contributed by atoms with Crippen molar-refractivity contribution in [3.8, 4) is 0 Å². The zero-order valence-electron chi connectivity index (χ0n) is 8.19. The summed E-state index contributed by atoms with van der Waals surface area (Å²) in [6.07, 6.45) is 0.368. The maximum atomic E-state index is 10.9. The first-order valence-electron chi connectivity index (χ1n) is 4.61. The number of nitrogens with zero attached hydrogens (tertiary/aromatic N) is 1. The molecule has 0 atom stereocenters. The monoisotopic (exact) mass is 222 g/mol. The van der Waals surface area contributed by atoms with Gasteiger partial charge in [0.15, 0.2) is 0 Å². The van der Waals surface area contributed by atoms with Crippen molar-refractivity contribution in [1.29, 1.82) is 0 Å². The maximum absolute atomic E-state index is 10.9. The summed E-state index contributed by atoms with van der Waals surface area (Å²) in [4.78, 5) is 18.2. The molecule has 0 radical (unpaired) electrons. The molecule has 0 aliphatic heterocycles. The summed E-state index contributed by atoms with van der Waals surface area (Å²) < 4.78 is 4.89. The number of aromatic amines is 1. The van der Waals surface area contributed by atoms with Crippen molar-refractivity contribution in [3.05, 3.63) is 24.3 Å². The van der Waals surface area contributed by atoms with Gasteiger partial charge in [-0.3, -0.25) is 4.79 Å². The lowest BCUT2D eigenvalue weighted by atomic mass is 10.3. The molecular weight excluding hydrogens is 212 g/mol. The molecule has 0 fully saturated rings. The van der Waals surface area contributed by atoms with Crippen LogP contribution >= 0.6 is 12.0 Å². The van der Waals surface area contributed by atoms with E-state index in [0.717, 1.165) is 23.1 Å². The van der Waals surface area contributed by atoms with Crippen LogP contribution in [0.4, 0.5) is 0 Å². The van der Waals surface area contributed by atoms with Crippen molar-refractivity contribution in [2.45, 2.75) is 18.5 Å². The molecule has 0 unspecified atom stereocenters. The Hall–Kier alpha value is -1.49. The summed E-state index contributed by atoms with van der Waals surface area (Å²) in [7, 11) is 0. The smallest absolute Gasteiger partial charge is 0.317 e. The summed E-state index contributed by atoms with van der Waals surface area (Å²) in [6, 6.07) is 7.66. The highest BCUT2D eigenvalue weighted by molar-refractivity contribution is 7.94. The summed E-state index contributed by atoms with van der Waals surface area (Å²) in [5, 5.41) is 0.595. The molecule has 2 rings (SSSR count). The second-order valence-electron chi connectivity index (χ2n) is 2.95. The minimum Gasteiger partial charge on any atom is -0.383 e. The van der Waals surface area contributed by atoms with Crippen molar-refractivity contribution >= 4 is 29.0 Å². The van der Waals surface area contributed by atoms with Crippen LogP contribution in [0.3, 0.4) is 0 Å². The molecule has 0 amide bonds. The van der Waals surface area contributed by atoms with Crippen LogP contribution in [0.1, 0.15) is 13.3 Å². The largest absolute Gasteiger partial charge is 0.383 e. The molecule has 5 heteroatoms. The Kier molecular flexibility index (Phi) is 2.91. The lowest BCUT2D eigenvalue weighted by molar-refractivity contribution is -0.132. The second kappa shape index (κ2) is 4.35. The fourth-order valence-corrected chi connectivity index (χ4v) is 1.69. The number of fused-ring (bicyclic) bond motifs is 1. The lowest BCUT2D eigenvalue weighted by Gasteiger charge is -1.95. The van der Waals surface area contributed by atoms with Gasteiger partial charge in [-0.1, -0.05) is 19.1 Å². The SMILES string of the molecule is CCC(=O)OSc1nc2ccccc2[nH]1. The molecule has 15 heavy (non-hydrogen) atoms. The third kappa shape index (κ3) is 2.30. The van der Waals surface area contributed by atoms with Crippen LogP contribution in [0.2, 0.25) is 0 Å². The molecule has 78 valence electrons. The Morgan fingerprint density at radius 2 is 2.33 bits per heavy atom. The molecule has 0 saturated heterocycles. The minimum absolute atomic E-state index is 0.250. The summed E-state index contributed by atoms with van der Waals surface area (Å²) >= 11 is 0.963. The number of carbonyl (C=O) groups is 1. The molecule has 0 spiro atoms. The van der Waals surface area contributed by atoms with E-state index in [1.165, 1.54) is 0 Å². The molecule has 0 aliphatic carbocycles. The number of hydrogen-bond acceptors (Lipinski definition) is 4. The third-order valence-corrected chi connectivity index (χ3v) is 2.49. The second-order valence-corrected chi connectivity index (χ2v) is 3.67. The number of aromatic nitrogens is 2. The van der Waals surface area contributed by atoms with Crippen LogP contribution in [-0.2, 0) is 8.98 Å². The fourth-order valence-electron chi connectivity index (χ4n) is 1.11. The fraction of sp³-hybridized carbons (Fsp3) is 0.200. The quantitative estimate of drug-likeness (QED) is 0.811. The van der Waals surface area contributed by atoms with E-state index in [2.05, 4.69) is 9.97 Å². The predicted molar refractivity (Wildman–Crippen MR) is 58.3 cm³/mol. The van der Waals surface area contributed by atoms with Gasteiger partial charge in [-0.2, -0.15) is 0 Å². The van der Waals surface area contributed by atoms with Crippen molar-refractivity contribution in [2.24, 2.45) is 0 Å². The molecule has 1 heterocycles. The van der Waals surface area contributed by atoms with Crippen molar-refractivity contribution in [2.75, 3.05) is 0 Å². The first kappa shape index (κ1) is 10.0. The van der Waals surface area contributed by atoms with Crippen LogP contribution < -0.4 is 0 Å². The average molecular weight is 222 g/mol. The van der Waals surface area contributed by atoms with Gasteiger partial charge < -0.3 is 9.17 Å². The first-order chi connectivity index (χ1) is 7.29. The molecule has 1 aromatic carbocycles. The zero-order valence-corrected chi connectivity index (χ0v) is 9.00. The molecule has 0 bridgehead atoms. The van der Waals surface area contributed by atoms with Crippen LogP contribution in [0, 0.1) is 0 Å². The summed E-state index contributed by atoms with van der Waals surface area (Å²) in [5.74, 6) is -0.250. The van der Waals surface area contributed by atoms with Gasteiger partial charge in [0, 0.05) is 6.42 Å². The van der Waals surface area contributed by atoms with Gasteiger partial charge in [0.25, 0.3) is 0 Å². The standard InChI is InChI=1S/C10H10N2O2S/c1-2-9(13)14-15-10-11-7-5-3-4-6-8(7)12-10/h3-6H,2H2,1H3,(H,11,12). The topological polar surface area (TPSA) is 55.0 Å². The number of H-pyrrole nitrogens is 1. The van der Waals surface area contributed by atoms with Crippen LogP contribution in [0.5, 0.6) is 0 Å².